The number of aromatic nitrogens is 2. The van der Waals surface area contributed by atoms with Gasteiger partial charge >= 0.3 is 0 Å². The standard InChI is InChI=1S/C42H36ClFN4O6S/c1-20-27-17-23(43)7-13-33(27)55-37(20)31-19-34(46(3)45-31)48-39(52)29-18-28-25(36(42(29,2)41(48)54)22-6-12-32(50)30(44)16-22)10-11-26-35(28)40(53)47(38(26)51)15-14-21-4-8-24(49)9-5-21/h4-10,12-13,16-17,19,26,28-29,35-36,49-50H,11,14-15,18H2,1-3H3. The van der Waals surface area contributed by atoms with Crippen LogP contribution in [0.4, 0.5) is 10.2 Å². The van der Waals surface area contributed by atoms with E-state index in [9.17, 15) is 29.4 Å². The lowest BCUT2D eigenvalue weighted by Gasteiger charge is -2.49. The van der Waals surface area contributed by atoms with E-state index in [2.05, 4.69) is 0 Å². The summed E-state index contributed by atoms with van der Waals surface area (Å²) in [6.07, 6.45) is 2.72. The van der Waals surface area contributed by atoms with Crippen LogP contribution in [-0.2, 0) is 32.6 Å². The van der Waals surface area contributed by atoms with E-state index in [0.29, 0.717) is 22.7 Å². The lowest BCUT2D eigenvalue weighted by Crippen LogP contribution is -2.49. The minimum atomic E-state index is -1.39. The highest BCUT2D eigenvalue weighted by atomic mass is 35.5. The number of aromatic hydroxyl groups is 2. The van der Waals surface area contributed by atoms with E-state index in [1.165, 1.54) is 38.0 Å². The van der Waals surface area contributed by atoms with Crippen molar-refractivity contribution in [3.63, 3.8) is 0 Å². The van der Waals surface area contributed by atoms with E-state index >= 15 is 4.39 Å². The Morgan fingerprint density at radius 3 is 2.47 bits per heavy atom. The predicted molar refractivity (Wildman–Crippen MR) is 205 cm³/mol. The Morgan fingerprint density at radius 2 is 1.73 bits per heavy atom. The fraction of sp³-hybridized carbons (Fsp3) is 0.310. The number of benzene rings is 3. The molecule has 4 heterocycles. The zero-order valence-electron chi connectivity index (χ0n) is 30.1. The minimum Gasteiger partial charge on any atom is -0.508 e. The lowest BCUT2D eigenvalue weighted by atomic mass is 9.51. The van der Waals surface area contributed by atoms with Gasteiger partial charge in [0.05, 0.1) is 28.0 Å². The molecule has 2 aliphatic heterocycles. The smallest absolute Gasteiger partial charge is 0.242 e. The second kappa shape index (κ2) is 12.6. The first-order chi connectivity index (χ1) is 26.3. The van der Waals surface area contributed by atoms with E-state index in [4.69, 9.17) is 16.7 Å². The quantitative estimate of drug-likeness (QED) is 0.137. The number of fused-ring (bicyclic) bond motifs is 5. The number of hydrogen-bond donors (Lipinski definition) is 2. The molecule has 4 aliphatic rings. The number of thiophene rings is 1. The maximum absolute atomic E-state index is 15.1. The van der Waals surface area contributed by atoms with Gasteiger partial charge in [0.2, 0.25) is 23.6 Å². The lowest BCUT2D eigenvalue weighted by molar-refractivity contribution is -0.140. The Bertz CT molecular complexity index is 2530. The van der Waals surface area contributed by atoms with Crippen molar-refractivity contribution < 1.29 is 33.8 Å². The second-order valence-corrected chi connectivity index (χ2v) is 16.8. The van der Waals surface area contributed by atoms with Gasteiger partial charge in [0, 0.05) is 35.3 Å². The monoisotopic (exact) mass is 778 g/mol. The van der Waals surface area contributed by atoms with Crippen molar-refractivity contribution in [1.82, 2.24) is 14.7 Å². The normalized spacial score (nSPS) is 26.1. The number of carbonyl (C=O) groups is 4. The molecule has 280 valence electrons. The number of imide groups is 2. The maximum Gasteiger partial charge on any atom is 0.242 e. The first-order valence-corrected chi connectivity index (χ1v) is 19.4. The summed E-state index contributed by atoms with van der Waals surface area (Å²) in [5.41, 5.74) is 2.14. The largest absolute Gasteiger partial charge is 0.508 e. The van der Waals surface area contributed by atoms with Crippen LogP contribution >= 0.6 is 22.9 Å². The summed E-state index contributed by atoms with van der Waals surface area (Å²) in [5, 5.41) is 26.2. The van der Waals surface area contributed by atoms with Gasteiger partial charge in [-0.05, 0) is 104 Å². The van der Waals surface area contributed by atoms with Crippen LogP contribution in [0.1, 0.15) is 42.4 Å². The highest BCUT2D eigenvalue weighted by molar-refractivity contribution is 7.22. The van der Waals surface area contributed by atoms with Crippen LogP contribution in [0.5, 0.6) is 11.5 Å². The van der Waals surface area contributed by atoms with Crippen LogP contribution in [0.25, 0.3) is 20.7 Å². The Kier molecular flexibility index (Phi) is 8.11. The summed E-state index contributed by atoms with van der Waals surface area (Å²) in [6.45, 7) is 3.87. The molecular weight excluding hydrogens is 743 g/mol. The fourth-order valence-corrected chi connectivity index (χ4v) is 11.0. The second-order valence-electron chi connectivity index (χ2n) is 15.3. The summed E-state index contributed by atoms with van der Waals surface area (Å²) in [6, 6.07) is 18.0. The summed E-state index contributed by atoms with van der Waals surface area (Å²) < 4.78 is 17.7. The number of aryl methyl sites for hydroxylation is 2. The van der Waals surface area contributed by atoms with Gasteiger partial charge in [0.25, 0.3) is 0 Å². The molecule has 10 nitrogen and oxygen atoms in total. The topological polar surface area (TPSA) is 133 Å². The van der Waals surface area contributed by atoms with E-state index < -0.39 is 58.4 Å². The van der Waals surface area contributed by atoms with Crippen molar-refractivity contribution in [2.45, 2.75) is 39.0 Å². The van der Waals surface area contributed by atoms with Gasteiger partial charge in [-0.1, -0.05) is 41.4 Å². The molecule has 5 aromatic rings. The first kappa shape index (κ1) is 35.4. The molecule has 2 aromatic heterocycles. The highest BCUT2D eigenvalue weighted by Gasteiger charge is 2.68. The molecule has 9 rings (SSSR count). The van der Waals surface area contributed by atoms with Crippen LogP contribution in [0.15, 0.2) is 78.4 Å². The molecular formula is C42H36ClFN4O6S. The van der Waals surface area contributed by atoms with E-state index in [1.54, 1.807) is 50.4 Å². The SMILES string of the molecule is Cc1c(-c2cc(N3C(=O)C4CC5C(=CCC6C(=O)N(CCc7ccc(O)cc7)C(=O)C65)C(c5ccc(O)c(F)c5)C4(C)C3=O)n(C)n2)sc2ccc(Cl)cc12. The third kappa shape index (κ3) is 5.21. The molecule has 2 aliphatic carbocycles. The van der Waals surface area contributed by atoms with Gasteiger partial charge in [-0.3, -0.25) is 28.8 Å². The predicted octanol–water partition coefficient (Wildman–Crippen LogP) is 7.29. The zero-order chi connectivity index (χ0) is 38.7. The molecule has 4 amide bonds. The van der Waals surface area contributed by atoms with Crippen molar-refractivity contribution in [2.75, 3.05) is 11.4 Å². The van der Waals surface area contributed by atoms with E-state index in [-0.39, 0.29) is 42.8 Å². The molecule has 6 atom stereocenters. The van der Waals surface area contributed by atoms with Crippen LogP contribution in [0.2, 0.25) is 5.02 Å². The number of rotatable bonds is 6. The number of allylic oxidation sites excluding steroid dienone is 2. The Labute approximate surface area is 324 Å². The molecule has 55 heavy (non-hydrogen) atoms. The molecule has 2 N–H and O–H groups in total. The van der Waals surface area contributed by atoms with Crippen molar-refractivity contribution >= 4 is 62.5 Å². The third-order valence-corrected chi connectivity index (χ3v) is 14.0. The number of phenolic OH excluding ortho intramolecular Hbond substituents is 2. The van der Waals surface area contributed by atoms with Crippen LogP contribution < -0.4 is 4.90 Å². The third-order valence-electron chi connectivity index (χ3n) is 12.4. The van der Waals surface area contributed by atoms with E-state index in [0.717, 1.165) is 31.7 Å². The average molecular weight is 779 g/mol. The molecule has 2 saturated heterocycles. The number of nitrogens with zero attached hydrogens (tertiary/aromatic N) is 4. The number of amides is 4. The molecule has 0 bridgehead atoms. The molecule has 1 saturated carbocycles. The Hall–Kier alpha value is -5.33. The Morgan fingerprint density at radius 1 is 0.964 bits per heavy atom. The first-order valence-electron chi connectivity index (χ1n) is 18.2. The zero-order valence-corrected chi connectivity index (χ0v) is 31.7. The summed E-state index contributed by atoms with van der Waals surface area (Å²) >= 11 is 7.84. The molecule has 6 unspecified atom stereocenters. The van der Waals surface area contributed by atoms with E-state index in [1.807, 2.05) is 31.2 Å². The summed E-state index contributed by atoms with van der Waals surface area (Å²) in [7, 11) is 1.68. The number of anilines is 1. The molecule has 0 radical (unpaired) electrons. The van der Waals surface area contributed by atoms with Gasteiger partial charge in [-0.2, -0.15) is 5.10 Å². The summed E-state index contributed by atoms with van der Waals surface area (Å²) in [4.78, 5) is 61.3. The van der Waals surface area contributed by atoms with Crippen molar-refractivity contribution in [3.8, 4) is 22.1 Å². The van der Waals surface area contributed by atoms with Crippen LogP contribution in [0, 0.1) is 41.8 Å². The van der Waals surface area contributed by atoms with Gasteiger partial charge in [0.15, 0.2) is 11.6 Å². The number of phenols is 2. The summed E-state index contributed by atoms with van der Waals surface area (Å²) in [5.74, 6) is -6.24. The van der Waals surface area contributed by atoms with Crippen LogP contribution in [-0.4, -0.2) is 55.1 Å². The van der Waals surface area contributed by atoms with Crippen LogP contribution in [0.3, 0.4) is 0 Å². The maximum atomic E-state index is 15.1. The number of hydrogen-bond acceptors (Lipinski definition) is 8. The van der Waals surface area contributed by atoms with Crippen molar-refractivity contribution in [3.05, 3.63) is 106 Å². The Balaban J connectivity index is 1.10. The molecule has 0 spiro atoms. The molecule has 3 fully saturated rings. The van der Waals surface area contributed by atoms with Gasteiger partial charge in [-0.15, -0.1) is 11.3 Å². The molecule has 3 aromatic carbocycles. The highest BCUT2D eigenvalue weighted by Crippen LogP contribution is 2.63. The fourth-order valence-electron chi connectivity index (χ4n) is 9.72. The van der Waals surface area contributed by atoms with Crippen molar-refractivity contribution in [1.29, 1.82) is 0 Å². The van der Waals surface area contributed by atoms with Gasteiger partial charge < -0.3 is 10.2 Å². The van der Waals surface area contributed by atoms with Crippen molar-refractivity contribution in [2.24, 2.45) is 36.1 Å². The van der Waals surface area contributed by atoms with Gasteiger partial charge in [0.1, 0.15) is 17.3 Å². The number of halogens is 2. The average Bonchev–Trinajstić information content (AvgIpc) is 3.83. The minimum absolute atomic E-state index is 0.119. The number of likely N-dealkylation sites (tertiary alicyclic amines) is 1. The molecule has 13 heteroatoms. The number of carbonyl (C=O) groups excluding carboxylic acids is 4. The van der Waals surface area contributed by atoms with Gasteiger partial charge in [-0.25, -0.2) is 9.29 Å².